The Balaban J connectivity index is 2.22. The Bertz CT molecular complexity index is 1180. The van der Waals surface area contributed by atoms with Crippen molar-refractivity contribution in [3.63, 3.8) is 0 Å². The number of hydrogen-bond acceptors (Lipinski definition) is 11. The van der Waals surface area contributed by atoms with Gasteiger partial charge in [0.05, 0.1) is 25.7 Å². The second-order valence-corrected chi connectivity index (χ2v) is 9.69. The van der Waals surface area contributed by atoms with Crippen molar-refractivity contribution in [2.45, 2.75) is 52.5 Å². The molecule has 0 amide bonds. The highest BCUT2D eigenvalue weighted by atomic mass is 16.6. The van der Waals surface area contributed by atoms with Crippen molar-refractivity contribution in [2.24, 2.45) is 5.41 Å². The van der Waals surface area contributed by atoms with Crippen molar-refractivity contribution >= 4 is 39.9 Å². The van der Waals surface area contributed by atoms with Gasteiger partial charge in [0.2, 0.25) is 0 Å². The van der Waals surface area contributed by atoms with Crippen molar-refractivity contribution in [3.8, 4) is 0 Å². The van der Waals surface area contributed by atoms with Crippen molar-refractivity contribution in [1.82, 2.24) is 0 Å². The van der Waals surface area contributed by atoms with E-state index in [1.165, 1.54) is 12.1 Å². The number of benzene rings is 2. The van der Waals surface area contributed by atoms with Crippen molar-refractivity contribution in [2.75, 3.05) is 17.2 Å². The zero-order valence-electron chi connectivity index (χ0n) is 21.0. The van der Waals surface area contributed by atoms with Crippen LogP contribution in [0.3, 0.4) is 0 Å². The van der Waals surface area contributed by atoms with E-state index in [0.717, 1.165) is 24.3 Å². The Morgan fingerprint density at radius 2 is 1.18 bits per heavy atom. The van der Waals surface area contributed by atoms with E-state index in [4.69, 9.17) is 0 Å². The molecular formula is C23H28N6O9. The fourth-order valence-corrected chi connectivity index (χ4v) is 3.81. The van der Waals surface area contributed by atoms with Gasteiger partial charge in [-0.15, -0.1) is 0 Å². The van der Waals surface area contributed by atoms with Crippen LogP contribution in [-0.4, -0.2) is 38.1 Å². The van der Waals surface area contributed by atoms with Crippen LogP contribution < -0.4 is 10.6 Å². The van der Waals surface area contributed by atoms with Gasteiger partial charge in [0.1, 0.15) is 0 Å². The first kappa shape index (κ1) is 29.5. The van der Waals surface area contributed by atoms with Gasteiger partial charge in [-0.25, -0.2) is 0 Å². The topological polar surface area (TPSA) is 214 Å². The van der Waals surface area contributed by atoms with Gasteiger partial charge in [-0.3, -0.25) is 45.3 Å². The average molecular weight is 533 g/mol. The molecule has 0 spiro atoms. The monoisotopic (exact) mass is 532 g/mol. The van der Waals surface area contributed by atoms with E-state index in [-0.39, 0.29) is 36.5 Å². The standard InChI is InChI=1S/C23H28N6O9/c1-23(2,3)14-20(30)15(25-22-18(28(35)36)11-7-12-19(22)29(37)38)8-4-5-13-24-21-16(26(31)32)9-6-10-17(21)27(33)34/h6-7,9-12,15,24-25H,4-5,8,13-14H2,1-3H3/t15-/m0/s1. The first-order valence-corrected chi connectivity index (χ1v) is 11.6. The molecule has 1 atom stereocenters. The summed E-state index contributed by atoms with van der Waals surface area (Å²) >= 11 is 0. The number of Topliss-reactive ketones (excluding diaryl/α,β-unsaturated/α-hetero) is 1. The van der Waals surface area contributed by atoms with E-state index < -0.39 is 53.9 Å². The summed E-state index contributed by atoms with van der Waals surface area (Å²) in [5, 5.41) is 51.1. The van der Waals surface area contributed by atoms with Gasteiger partial charge in [-0.05, 0) is 36.8 Å². The second-order valence-electron chi connectivity index (χ2n) is 9.69. The second kappa shape index (κ2) is 12.5. The lowest BCUT2D eigenvalue weighted by molar-refractivity contribution is -0.392. The van der Waals surface area contributed by atoms with E-state index >= 15 is 0 Å². The predicted molar refractivity (Wildman–Crippen MR) is 138 cm³/mol. The summed E-state index contributed by atoms with van der Waals surface area (Å²) < 4.78 is 0. The summed E-state index contributed by atoms with van der Waals surface area (Å²) in [4.78, 5) is 55.7. The predicted octanol–water partition coefficient (Wildman–Crippen LogP) is 5.39. The van der Waals surface area contributed by atoms with Gasteiger partial charge >= 0.3 is 0 Å². The lowest BCUT2D eigenvalue weighted by Crippen LogP contribution is -2.33. The molecule has 2 rings (SSSR count). The number of anilines is 2. The largest absolute Gasteiger partial charge is 0.374 e. The molecule has 0 bridgehead atoms. The molecule has 0 heterocycles. The third kappa shape index (κ3) is 7.91. The van der Waals surface area contributed by atoms with Crippen LogP contribution in [0.5, 0.6) is 0 Å². The first-order valence-electron chi connectivity index (χ1n) is 11.6. The van der Waals surface area contributed by atoms with Gasteiger partial charge in [0.25, 0.3) is 22.7 Å². The number of nitro groups is 4. The number of rotatable bonds is 14. The Hall–Kier alpha value is -4.69. The van der Waals surface area contributed by atoms with E-state index in [0.29, 0.717) is 12.8 Å². The molecule has 0 fully saturated rings. The smallest absolute Gasteiger partial charge is 0.299 e. The van der Waals surface area contributed by atoms with Crippen LogP contribution in [-0.2, 0) is 4.79 Å². The van der Waals surface area contributed by atoms with Gasteiger partial charge in [-0.2, -0.15) is 0 Å². The minimum Gasteiger partial charge on any atom is -0.374 e. The minimum atomic E-state index is -0.991. The third-order valence-corrected chi connectivity index (χ3v) is 5.46. The van der Waals surface area contributed by atoms with Crippen LogP contribution >= 0.6 is 0 Å². The maximum atomic E-state index is 13.1. The molecule has 15 nitrogen and oxygen atoms in total. The fraction of sp³-hybridized carbons (Fsp3) is 0.435. The quantitative estimate of drug-likeness (QED) is 0.179. The van der Waals surface area contributed by atoms with E-state index in [2.05, 4.69) is 10.6 Å². The minimum absolute atomic E-state index is 0.0947. The summed E-state index contributed by atoms with van der Waals surface area (Å²) in [5.41, 5.74) is -3.03. The average Bonchev–Trinajstić information content (AvgIpc) is 2.81. The molecule has 0 saturated carbocycles. The highest BCUT2D eigenvalue weighted by molar-refractivity contribution is 5.89. The zero-order chi connectivity index (χ0) is 28.6. The molecule has 15 heteroatoms. The highest BCUT2D eigenvalue weighted by Gasteiger charge is 2.31. The zero-order valence-corrected chi connectivity index (χ0v) is 21.0. The number of carbonyl (C=O) groups is 1. The highest BCUT2D eigenvalue weighted by Crippen LogP contribution is 2.36. The van der Waals surface area contributed by atoms with E-state index in [9.17, 15) is 45.3 Å². The Morgan fingerprint density at radius 3 is 1.58 bits per heavy atom. The van der Waals surface area contributed by atoms with Gasteiger partial charge < -0.3 is 10.6 Å². The summed E-state index contributed by atoms with van der Waals surface area (Å²) in [6.07, 6.45) is 0.880. The summed E-state index contributed by atoms with van der Waals surface area (Å²) in [6.45, 7) is 5.59. The van der Waals surface area contributed by atoms with E-state index in [1.807, 2.05) is 20.8 Å². The van der Waals surface area contributed by atoms with Gasteiger partial charge in [-0.1, -0.05) is 20.8 Å². The number of para-hydroxylation sites is 2. The lowest BCUT2D eigenvalue weighted by Gasteiger charge is -2.23. The molecular weight excluding hydrogens is 504 g/mol. The molecule has 204 valence electrons. The molecule has 0 aromatic heterocycles. The van der Waals surface area contributed by atoms with Crippen LogP contribution in [0, 0.1) is 45.9 Å². The molecule has 0 aliphatic carbocycles. The molecule has 0 aliphatic heterocycles. The molecule has 38 heavy (non-hydrogen) atoms. The summed E-state index contributed by atoms with van der Waals surface area (Å²) in [6, 6.07) is 5.88. The van der Waals surface area contributed by atoms with Crippen LogP contribution in [0.4, 0.5) is 34.1 Å². The maximum absolute atomic E-state index is 13.1. The fourth-order valence-electron chi connectivity index (χ4n) is 3.81. The number of nitro benzene ring substituents is 4. The van der Waals surface area contributed by atoms with Crippen molar-refractivity contribution in [3.05, 3.63) is 76.9 Å². The van der Waals surface area contributed by atoms with E-state index in [1.54, 1.807) is 0 Å². The Morgan fingerprint density at radius 1 is 0.763 bits per heavy atom. The molecule has 0 radical (unpaired) electrons. The molecule has 2 N–H and O–H groups in total. The SMILES string of the molecule is CC(C)(C)CC(=O)[C@H](CCCCNc1c([N+](=O)[O-])cccc1[N+](=O)[O-])Nc1c([N+](=O)[O-])cccc1[N+](=O)[O-]. The number of ketones is 1. The summed E-state index contributed by atoms with van der Waals surface area (Å²) in [5.74, 6) is -0.299. The molecule has 2 aromatic carbocycles. The maximum Gasteiger partial charge on any atom is 0.299 e. The number of nitrogens with one attached hydrogen (secondary N) is 2. The van der Waals surface area contributed by atoms with Crippen LogP contribution in [0.1, 0.15) is 46.5 Å². The van der Waals surface area contributed by atoms with Crippen molar-refractivity contribution < 1.29 is 24.5 Å². The summed E-state index contributed by atoms with van der Waals surface area (Å²) in [7, 11) is 0. The molecule has 0 saturated heterocycles. The number of nitrogens with zero attached hydrogens (tertiary/aromatic N) is 4. The third-order valence-electron chi connectivity index (χ3n) is 5.46. The molecule has 2 aromatic rings. The molecule has 0 unspecified atom stereocenters. The number of hydrogen-bond donors (Lipinski definition) is 2. The molecule has 0 aliphatic rings. The number of unbranched alkanes of at least 4 members (excludes halogenated alkanes) is 1. The van der Waals surface area contributed by atoms with Crippen LogP contribution in [0.25, 0.3) is 0 Å². The first-order chi connectivity index (χ1) is 17.7. The van der Waals surface area contributed by atoms with Crippen LogP contribution in [0.2, 0.25) is 0 Å². The Labute approximate surface area is 216 Å². The normalized spacial score (nSPS) is 11.9. The Kier molecular flexibility index (Phi) is 9.73. The van der Waals surface area contributed by atoms with Gasteiger partial charge in [0, 0.05) is 37.2 Å². The van der Waals surface area contributed by atoms with Gasteiger partial charge in [0.15, 0.2) is 17.2 Å². The number of carbonyl (C=O) groups excluding carboxylic acids is 1. The van der Waals surface area contributed by atoms with Crippen LogP contribution in [0.15, 0.2) is 36.4 Å². The van der Waals surface area contributed by atoms with Crippen molar-refractivity contribution in [1.29, 1.82) is 0 Å². The lowest BCUT2D eigenvalue weighted by atomic mass is 9.86.